The van der Waals surface area contributed by atoms with Gasteiger partial charge in [0.1, 0.15) is 11.5 Å². The number of hydrogen-bond acceptors (Lipinski definition) is 3. The van der Waals surface area contributed by atoms with Crippen LogP contribution in [0.2, 0.25) is 0 Å². The van der Waals surface area contributed by atoms with E-state index in [2.05, 4.69) is 15.0 Å². The fourth-order valence-electron chi connectivity index (χ4n) is 1.15. The topological polar surface area (TPSA) is 78.9 Å². The lowest BCUT2D eigenvalue weighted by Gasteiger charge is -1.91. The van der Waals surface area contributed by atoms with Gasteiger partial charge in [-0.05, 0) is 13.0 Å². The number of nitrogens with one attached hydrogen (secondary N) is 1. The number of carboxylic acid groups (broad SMARTS) is 1. The standard InChI is InChI=1S/C8H7N3O2/c1-4-10-5-2-6(8(12)13)9-3-7(5)11-4/h2-3H,1H3,(H,10,11)(H,12,13). The summed E-state index contributed by atoms with van der Waals surface area (Å²) in [6.45, 7) is 1.81. The number of imidazole rings is 1. The number of pyridine rings is 1. The molecular formula is C8H7N3O2. The van der Waals surface area contributed by atoms with Crippen molar-refractivity contribution in [2.45, 2.75) is 6.92 Å². The summed E-state index contributed by atoms with van der Waals surface area (Å²) >= 11 is 0. The fraction of sp³-hybridized carbons (Fsp3) is 0.125. The highest BCUT2D eigenvalue weighted by Crippen LogP contribution is 2.10. The van der Waals surface area contributed by atoms with Crippen LogP contribution in [0.5, 0.6) is 0 Å². The number of aromatic nitrogens is 3. The predicted molar refractivity (Wildman–Crippen MR) is 45.6 cm³/mol. The second-order valence-corrected chi connectivity index (χ2v) is 2.71. The quantitative estimate of drug-likeness (QED) is 0.680. The molecule has 5 nitrogen and oxygen atoms in total. The molecule has 2 N–H and O–H groups in total. The van der Waals surface area contributed by atoms with Crippen LogP contribution in [0.3, 0.4) is 0 Å². The summed E-state index contributed by atoms with van der Waals surface area (Å²) in [5.41, 5.74) is 1.39. The first kappa shape index (κ1) is 7.72. The highest BCUT2D eigenvalue weighted by atomic mass is 16.4. The van der Waals surface area contributed by atoms with Gasteiger partial charge in [-0.3, -0.25) is 0 Å². The maximum atomic E-state index is 10.6. The van der Waals surface area contributed by atoms with Crippen molar-refractivity contribution in [2.75, 3.05) is 0 Å². The molecule has 2 rings (SSSR count). The Kier molecular flexibility index (Phi) is 1.51. The lowest BCUT2D eigenvalue weighted by Crippen LogP contribution is -1.98. The van der Waals surface area contributed by atoms with E-state index in [-0.39, 0.29) is 5.69 Å². The van der Waals surface area contributed by atoms with Crippen LogP contribution in [-0.4, -0.2) is 26.0 Å². The number of aryl methyl sites for hydroxylation is 1. The van der Waals surface area contributed by atoms with Crippen molar-refractivity contribution >= 4 is 17.0 Å². The molecule has 0 bridgehead atoms. The van der Waals surface area contributed by atoms with Crippen molar-refractivity contribution in [3.63, 3.8) is 0 Å². The molecule has 0 aliphatic rings. The summed E-state index contributed by atoms with van der Waals surface area (Å²) in [6.07, 6.45) is 1.47. The van der Waals surface area contributed by atoms with Gasteiger partial charge in [0.25, 0.3) is 0 Å². The van der Waals surface area contributed by atoms with Crippen LogP contribution in [0, 0.1) is 6.92 Å². The highest BCUT2D eigenvalue weighted by Gasteiger charge is 2.06. The van der Waals surface area contributed by atoms with Gasteiger partial charge in [-0.15, -0.1) is 0 Å². The molecule has 13 heavy (non-hydrogen) atoms. The molecule has 0 fully saturated rings. The molecular weight excluding hydrogens is 170 g/mol. The van der Waals surface area contributed by atoms with Gasteiger partial charge < -0.3 is 10.1 Å². The SMILES string of the molecule is Cc1nc2cc(C(=O)O)ncc2[nH]1. The second kappa shape index (κ2) is 2.55. The number of rotatable bonds is 1. The third-order valence-electron chi connectivity index (χ3n) is 1.70. The van der Waals surface area contributed by atoms with E-state index in [1.165, 1.54) is 12.3 Å². The van der Waals surface area contributed by atoms with Crippen molar-refractivity contribution in [3.05, 3.63) is 23.8 Å². The normalized spacial score (nSPS) is 10.5. The smallest absolute Gasteiger partial charge is 0.354 e. The molecule has 66 valence electrons. The van der Waals surface area contributed by atoms with E-state index in [0.29, 0.717) is 5.52 Å². The predicted octanol–water partition coefficient (Wildman–Crippen LogP) is 0.965. The van der Waals surface area contributed by atoms with E-state index in [1.54, 1.807) is 6.92 Å². The van der Waals surface area contributed by atoms with Gasteiger partial charge in [0.15, 0.2) is 0 Å². The van der Waals surface area contributed by atoms with Crippen molar-refractivity contribution in [3.8, 4) is 0 Å². The van der Waals surface area contributed by atoms with E-state index in [4.69, 9.17) is 5.11 Å². The number of nitrogens with zero attached hydrogens (tertiary/aromatic N) is 2. The van der Waals surface area contributed by atoms with Crippen LogP contribution in [-0.2, 0) is 0 Å². The maximum Gasteiger partial charge on any atom is 0.354 e. The summed E-state index contributed by atoms with van der Waals surface area (Å²) < 4.78 is 0. The Morgan fingerprint density at radius 1 is 1.62 bits per heavy atom. The number of H-pyrrole nitrogens is 1. The van der Waals surface area contributed by atoms with Gasteiger partial charge in [0, 0.05) is 0 Å². The van der Waals surface area contributed by atoms with E-state index < -0.39 is 5.97 Å². The number of fused-ring (bicyclic) bond motifs is 1. The van der Waals surface area contributed by atoms with E-state index >= 15 is 0 Å². The van der Waals surface area contributed by atoms with Crippen LogP contribution in [0.1, 0.15) is 16.3 Å². The molecule has 2 heterocycles. The number of aromatic amines is 1. The molecule has 0 saturated heterocycles. The number of aromatic carboxylic acids is 1. The summed E-state index contributed by atoms with van der Waals surface area (Å²) in [5.74, 6) is -0.290. The van der Waals surface area contributed by atoms with Crippen LogP contribution in [0.4, 0.5) is 0 Å². The Hall–Kier alpha value is -1.91. The zero-order chi connectivity index (χ0) is 9.42. The lowest BCUT2D eigenvalue weighted by molar-refractivity contribution is 0.0690. The monoisotopic (exact) mass is 177 g/mol. The first-order valence-corrected chi connectivity index (χ1v) is 3.72. The van der Waals surface area contributed by atoms with Gasteiger partial charge in [0.05, 0.1) is 17.2 Å². The Bertz CT molecular complexity index is 475. The summed E-state index contributed by atoms with van der Waals surface area (Å²) in [7, 11) is 0. The molecule has 0 aliphatic heterocycles. The first-order valence-electron chi connectivity index (χ1n) is 3.72. The van der Waals surface area contributed by atoms with E-state index in [1.807, 2.05) is 0 Å². The minimum Gasteiger partial charge on any atom is -0.477 e. The van der Waals surface area contributed by atoms with Gasteiger partial charge in [-0.25, -0.2) is 14.8 Å². The number of carbonyl (C=O) groups is 1. The molecule has 0 saturated carbocycles. The molecule has 0 atom stereocenters. The maximum absolute atomic E-state index is 10.6. The molecule has 0 aromatic carbocycles. The van der Waals surface area contributed by atoms with Gasteiger partial charge >= 0.3 is 5.97 Å². The summed E-state index contributed by atoms with van der Waals surface area (Å²) in [4.78, 5) is 21.4. The second-order valence-electron chi connectivity index (χ2n) is 2.71. The number of carboxylic acids is 1. The summed E-state index contributed by atoms with van der Waals surface area (Å²) in [5, 5.41) is 8.65. The Balaban J connectivity index is 2.67. The fourth-order valence-corrected chi connectivity index (χ4v) is 1.15. The average molecular weight is 177 g/mol. The molecule has 2 aromatic rings. The van der Waals surface area contributed by atoms with Gasteiger partial charge in [-0.1, -0.05) is 0 Å². The lowest BCUT2D eigenvalue weighted by atomic mass is 10.3. The molecule has 5 heteroatoms. The van der Waals surface area contributed by atoms with Crippen molar-refractivity contribution in [1.82, 2.24) is 15.0 Å². The molecule has 0 radical (unpaired) electrons. The van der Waals surface area contributed by atoms with Crippen LogP contribution in [0.25, 0.3) is 11.0 Å². The van der Waals surface area contributed by atoms with Gasteiger partial charge in [-0.2, -0.15) is 0 Å². The largest absolute Gasteiger partial charge is 0.477 e. The summed E-state index contributed by atoms with van der Waals surface area (Å²) in [6, 6.07) is 1.45. The Morgan fingerprint density at radius 3 is 3.08 bits per heavy atom. The van der Waals surface area contributed by atoms with E-state index in [9.17, 15) is 4.79 Å². The molecule has 0 unspecified atom stereocenters. The highest BCUT2D eigenvalue weighted by molar-refractivity contribution is 5.89. The zero-order valence-electron chi connectivity index (χ0n) is 6.90. The third-order valence-corrected chi connectivity index (χ3v) is 1.70. The Morgan fingerprint density at radius 2 is 2.38 bits per heavy atom. The van der Waals surface area contributed by atoms with Crippen LogP contribution < -0.4 is 0 Å². The van der Waals surface area contributed by atoms with Crippen molar-refractivity contribution in [1.29, 1.82) is 0 Å². The minimum atomic E-state index is -1.04. The van der Waals surface area contributed by atoms with Crippen LogP contribution in [0.15, 0.2) is 12.3 Å². The zero-order valence-corrected chi connectivity index (χ0v) is 6.90. The Labute approximate surface area is 73.4 Å². The minimum absolute atomic E-state index is 0.0130. The molecule has 0 amide bonds. The van der Waals surface area contributed by atoms with E-state index in [0.717, 1.165) is 11.3 Å². The average Bonchev–Trinajstić information content (AvgIpc) is 2.42. The van der Waals surface area contributed by atoms with Crippen molar-refractivity contribution in [2.24, 2.45) is 0 Å². The molecule has 0 aliphatic carbocycles. The van der Waals surface area contributed by atoms with Crippen molar-refractivity contribution < 1.29 is 9.90 Å². The van der Waals surface area contributed by atoms with Crippen LogP contribution >= 0.6 is 0 Å². The number of hydrogen-bond donors (Lipinski definition) is 2. The van der Waals surface area contributed by atoms with Gasteiger partial charge in [0.2, 0.25) is 0 Å². The molecule has 2 aromatic heterocycles. The third kappa shape index (κ3) is 1.24. The molecule has 0 spiro atoms. The first-order chi connectivity index (χ1) is 6.16.